The lowest BCUT2D eigenvalue weighted by Crippen LogP contribution is -2.44. The molecule has 2 aromatic rings. The number of nitrogen functional groups attached to an aromatic ring is 1. The molecule has 24 heavy (non-hydrogen) atoms. The van der Waals surface area contributed by atoms with Gasteiger partial charge in [-0.2, -0.15) is 4.37 Å². The van der Waals surface area contributed by atoms with E-state index in [-0.39, 0.29) is 17.0 Å². The lowest BCUT2D eigenvalue weighted by atomic mass is 10.2. The maximum Gasteiger partial charge on any atom is 0.343 e. The number of hydrogen-bond acceptors (Lipinski definition) is 9. The fourth-order valence-electron chi connectivity index (χ4n) is 1.68. The van der Waals surface area contributed by atoms with Crippen LogP contribution in [0, 0.1) is 13.8 Å². The third-order valence-corrected chi connectivity index (χ3v) is 4.48. The van der Waals surface area contributed by atoms with E-state index in [1.807, 2.05) is 12.3 Å². The van der Waals surface area contributed by atoms with Crippen LogP contribution in [-0.2, 0) is 20.7 Å². The molecule has 0 bridgehead atoms. The van der Waals surface area contributed by atoms with Crippen LogP contribution in [0.2, 0.25) is 0 Å². The minimum atomic E-state index is -0.738. The highest BCUT2D eigenvalue weighted by Crippen LogP contribution is 2.21. The van der Waals surface area contributed by atoms with Crippen LogP contribution >= 0.6 is 22.9 Å². The summed E-state index contributed by atoms with van der Waals surface area (Å²) in [7, 11) is 0. The third kappa shape index (κ3) is 4.73. The number of hydrogen-bond donors (Lipinski definition) is 3. The molecule has 9 nitrogen and oxygen atoms in total. The molecular weight excluding hydrogens is 354 g/mol. The zero-order valence-electron chi connectivity index (χ0n) is 12.9. The SMILES string of the molecule is Cc1csc(CC(=O)NNC(=O)COC(=O)c2c(C)nsc2N)n1. The molecule has 2 amide bonds. The van der Waals surface area contributed by atoms with E-state index in [1.54, 1.807) is 6.92 Å². The van der Waals surface area contributed by atoms with Gasteiger partial charge in [0, 0.05) is 11.1 Å². The molecule has 11 heteroatoms. The number of hydrazine groups is 1. The number of nitrogens with two attached hydrogens (primary N) is 1. The second-order valence-electron chi connectivity index (χ2n) is 4.74. The molecule has 0 aliphatic rings. The topological polar surface area (TPSA) is 136 Å². The van der Waals surface area contributed by atoms with E-state index in [9.17, 15) is 14.4 Å². The lowest BCUT2D eigenvalue weighted by molar-refractivity contribution is -0.130. The maximum atomic E-state index is 11.8. The van der Waals surface area contributed by atoms with Gasteiger partial charge in [0.15, 0.2) is 6.61 Å². The molecule has 0 saturated carbocycles. The van der Waals surface area contributed by atoms with Gasteiger partial charge in [0.2, 0.25) is 5.91 Å². The number of carbonyl (C=O) groups is 3. The number of anilines is 1. The van der Waals surface area contributed by atoms with Crippen LogP contribution in [0.1, 0.15) is 26.8 Å². The van der Waals surface area contributed by atoms with Gasteiger partial charge in [0.05, 0.1) is 12.1 Å². The molecule has 0 spiro atoms. The summed E-state index contributed by atoms with van der Waals surface area (Å²) in [4.78, 5) is 39.2. The molecule has 0 atom stereocenters. The van der Waals surface area contributed by atoms with Gasteiger partial charge in [-0.15, -0.1) is 11.3 Å². The van der Waals surface area contributed by atoms with Crippen LogP contribution in [0.4, 0.5) is 5.00 Å². The van der Waals surface area contributed by atoms with Crippen LogP contribution in [0.5, 0.6) is 0 Å². The second kappa shape index (κ2) is 7.84. The quantitative estimate of drug-likeness (QED) is 0.511. The Morgan fingerprint density at radius 1 is 1.25 bits per heavy atom. The highest BCUT2D eigenvalue weighted by Gasteiger charge is 2.19. The van der Waals surface area contributed by atoms with E-state index in [2.05, 4.69) is 20.2 Å². The Labute approximate surface area is 145 Å². The van der Waals surface area contributed by atoms with Gasteiger partial charge in [-0.1, -0.05) is 0 Å². The van der Waals surface area contributed by atoms with Crippen LogP contribution in [0.15, 0.2) is 5.38 Å². The number of aromatic nitrogens is 2. The molecule has 0 aliphatic heterocycles. The fourth-order valence-corrected chi connectivity index (χ4v) is 3.10. The summed E-state index contributed by atoms with van der Waals surface area (Å²) in [6.45, 7) is 2.89. The van der Waals surface area contributed by atoms with Crippen LogP contribution in [0.3, 0.4) is 0 Å². The number of aryl methyl sites for hydroxylation is 2. The van der Waals surface area contributed by atoms with Gasteiger partial charge in [-0.3, -0.25) is 20.4 Å². The normalized spacial score (nSPS) is 10.2. The highest BCUT2D eigenvalue weighted by atomic mass is 32.1. The van der Waals surface area contributed by atoms with E-state index in [1.165, 1.54) is 11.3 Å². The van der Waals surface area contributed by atoms with E-state index < -0.39 is 24.4 Å². The summed E-state index contributed by atoms with van der Waals surface area (Å²) in [5.74, 6) is -1.84. The number of amides is 2. The standard InChI is InChI=1S/C13H15N5O4S2/c1-6-5-23-10(15-6)3-8(19)16-17-9(20)4-22-13(21)11-7(2)18-24-12(11)14/h5H,3-4,14H2,1-2H3,(H,16,19)(H,17,20). The van der Waals surface area contributed by atoms with Gasteiger partial charge >= 0.3 is 5.97 Å². The van der Waals surface area contributed by atoms with Gasteiger partial charge < -0.3 is 10.5 Å². The Bertz CT molecular complexity index is 751. The number of esters is 1. The van der Waals surface area contributed by atoms with Crippen molar-refractivity contribution in [1.82, 2.24) is 20.2 Å². The molecule has 0 aliphatic carbocycles. The molecule has 2 aromatic heterocycles. The monoisotopic (exact) mass is 369 g/mol. The molecule has 4 N–H and O–H groups in total. The van der Waals surface area contributed by atoms with Gasteiger partial charge in [0.25, 0.3) is 5.91 Å². The molecular formula is C13H15N5O4S2. The third-order valence-electron chi connectivity index (χ3n) is 2.75. The van der Waals surface area contributed by atoms with E-state index >= 15 is 0 Å². The zero-order chi connectivity index (χ0) is 17.7. The van der Waals surface area contributed by atoms with E-state index in [4.69, 9.17) is 10.5 Å². The van der Waals surface area contributed by atoms with Gasteiger partial charge in [-0.05, 0) is 25.4 Å². The predicted molar refractivity (Wildman–Crippen MR) is 88.4 cm³/mol. The number of nitrogens with zero attached hydrogens (tertiary/aromatic N) is 2. The van der Waals surface area contributed by atoms with Gasteiger partial charge in [0.1, 0.15) is 15.6 Å². The van der Waals surface area contributed by atoms with E-state index in [0.29, 0.717) is 10.7 Å². The first-order chi connectivity index (χ1) is 11.4. The Balaban J connectivity index is 1.73. The van der Waals surface area contributed by atoms with Crippen molar-refractivity contribution in [1.29, 1.82) is 0 Å². The van der Waals surface area contributed by atoms with E-state index in [0.717, 1.165) is 17.2 Å². The molecule has 0 radical (unpaired) electrons. The number of thiazole rings is 1. The average molecular weight is 369 g/mol. The Hall–Kier alpha value is -2.53. The van der Waals surface area contributed by atoms with Crippen molar-refractivity contribution >= 4 is 45.7 Å². The van der Waals surface area contributed by atoms with Crippen molar-refractivity contribution in [2.24, 2.45) is 0 Å². The molecule has 0 unspecified atom stereocenters. The van der Waals surface area contributed by atoms with Crippen molar-refractivity contribution in [3.05, 3.63) is 27.3 Å². The molecule has 2 heterocycles. The van der Waals surface area contributed by atoms with Crippen molar-refractivity contribution in [2.45, 2.75) is 20.3 Å². The Morgan fingerprint density at radius 3 is 2.54 bits per heavy atom. The summed E-state index contributed by atoms with van der Waals surface area (Å²) in [6.07, 6.45) is 0.0505. The maximum absolute atomic E-state index is 11.8. The highest BCUT2D eigenvalue weighted by molar-refractivity contribution is 7.10. The van der Waals surface area contributed by atoms with Crippen molar-refractivity contribution in [2.75, 3.05) is 12.3 Å². The lowest BCUT2D eigenvalue weighted by Gasteiger charge is -2.07. The number of ether oxygens (including phenoxy) is 1. The summed E-state index contributed by atoms with van der Waals surface area (Å²) >= 11 is 2.33. The first kappa shape index (κ1) is 17.8. The summed E-state index contributed by atoms with van der Waals surface area (Å²) in [5, 5.41) is 2.69. The van der Waals surface area contributed by atoms with Gasteiger partial charge in [-0.25, -0.2) is 9.78 Å². The summed E-state index contributed by atoms with van der Waals surface area (Å²) in [5.41, 5.74) is 11.4. The first-order valence-corrected chi connectivity index (χ1v) is 8.39. The summed E-state index contributed by atoms with van der Waals surface area (Å²) < 4.78 is 8.76. The number of nitrogens with one attached hydrogen (secondary N) is 2. The number of rotatable bonds is 5. The van der Waals surface area contributed by atoms with Crippen molar-refractivity contribution in [3.8, 4) is 0 Å². The minimum Gasteiger partial charge on any atom is -0.452 e. The molecule has 2 rings (SSSR count). The average Bonchev–Trinajstić information content (AvgIpc) is 3.08. The Morgan fingerprint density at radius 2 is 1.96 bits per heavy atom. The summed E-state index contributed by atoms with van der Waals surface area (Å²) in [6, 6.07) is 0. The smallest absolute Gasteiger partial charge is 0.343 e. The minimum absolute atomic E-state index is 0.0505. The molecule has 0 aromatic carbocycles. The second-order valence-corrected chi connectivity index (χ2v) is 6.49. The molecule has 128 valence electrons. The zero-order valence-corrected chi connectivity index (χ0v) is 14.5. The molecule has 0 saturated heterocycles. The van der Waals surface area contributed by atoms with Crippen LogP contribution in [0.25, 0.3) is 0 Å². The van der Waals surface area contributed by atoms with Crippen LogP contribution < -0.4 is 16.6 Å². The first-order valence-electron chi connectivity index (χ1n) is 6.74. The van der Waals surface area contributed by atoms with Crippen LogP contribution in [-0.4, -0.2) is 33.7 Å². The Kier molecular flexibility index (Phi) is 5.82. The molecule has 0 fully saturated rings. The fraction of sp³-hybridized carbons (Fsp3) is 0.308. The largest absolute Gasteiger partial charge is 0.452 e. The predicted octanol–water partition coefficient (Wildman–Crippen LogP) is 0.346. The number of carbonyl (C=O) groups excluding carboxylic acids is 3. The van der Waals surface area contributed by atoms with Crippen molar-refractivity contribution in [3.63, 3.8) is 0 Å². The van der Waals surface area contributed by atoms with Crippen molar-refractivity contribution < 1.29 is 19.1 Å².